The van der Waals surface area contributed by atoms with Crippen LogP contribution in [0.4, 0.5) is 4.79 Å². The van der Waals surface area contributed by atoms with Gasteiger partial charge in [-0.1, -0.05) is 66.9 Å². The number of carbonyl (C=O) groups excluding carboxylic acids is 4. The molecule has 3 saturated carbocycles. The Labute approximate surface area is 352 Å². The molecule has 5 atom stereocenters. The van der Waals surface area contributed by atoms with Crippen LogP contribution in [0.15, 0.2) is 65.1 Å². The van der Waals surface area contributed by atoms with E-state index in [-0.39, 0.29) is 37.0 Å². The van der Waals surface area contributed by atoms with Crippen molar-refractivity contribution in [3.8, 4) is 17.3 Å². The predicted molar refractivity (Wildman–Crippen MR) is 221 cm³/mol. The number of benzene rings is 2. The molecule has 0 bridgehead atoms. The van der Waals surface area contributed by atoms with Gasteiger partial charge in [0.2, 0.25) is 27.4 Å². The highest BCUT2D eigenvalue weighted by Crippen LogP contribution is 2.46. The van der Waals surface area contributed by atoms with E-state index in [1.54, 1.807) is 18.2 Å². The maximum atomic E-state index is 14.7. The first-order chi connectivity index (χ1) is 29.0. The second-order valence-electron chi connectivity index (χ2n) is 16.6. The van der Waals surface area contributed by atoms with Gasteiger partial charge < -0.3 is 29.4 Å². The molecule has 9 rings (SSSR count). The summed E-state index contributed by atoms with van der Waals surface area (Å²) in [7, 11) is -3.92. The third-order valence-corrected chi connectivity index (χ3v) is 14.3. The largest absolute Gasteiger partial charge is 0.470 e. The zero-order chi connectivity index (χ0) is 41.6. The molecule has 5 aliphatic rings. The molecular weight excluding hydrogens is 812 g/mol. The topological polar surface area (TPSA) is 199 Å². The zero-order valence-corrected chi connectivity index (χ0v) is 34.5. The fraction of sp³-hybridized carbons (Fsp3) is 0.488. The summed E-state index contributed by atoms with van der Waals surface area (Å²) in [6, 6.07) is 12.3. The van der Waals surface area contributed by atoms with E-state index >= 15 is 0 Å². The molecule has 4 fully saturated rings. The molecule has 2 aromatic heterocycles. The normalized spacial score (nSPS) is 27.0. The summed E-state index contributed by atoms with van der Waals surface area (Å²) >= 11 is 6.40. The average Bonchev–Trinajstić information content (AvgIpc) is 4.05. The summed E-state index contributed by atoms with van der Waals surface area (Å²) in [4.78, 5) is 67.5. The van der Waals surface area contributed by atoms with Gasteiger partial charge in [0.05, 0.1) is 11.8 Å². The van der Waals surface area contributed by atoms with E-state index in [0.29, 0.717) is 65.0 Å². The van der Waals surface area contributed by atoms with Crippen molar-refractivity contribution in [1.82, 2.24) is 30.2 Å². The van der Waals surface area contributed by atoms with Crippen molar-refractivity contribution in [3.63, 3.8) is 0 Å². The standard InChI is InChI=1S/C43H47ClN6O9S/c44-27-17-20-34-31(21-27)35-36(59-34)39(47-37(46-35)25-11-5-4-6-12-25)57-29-22-33-38(51)48-43(41(53)49-60(55,56)30-18-19-30)23-26(43)13-7-2-1-3-8-16-32(40(52)50(33)24-29)45-42(54)58-28-14-9-10-15-28/h4-7,11-13,17,20-21,26,28-30,32-33H,1-3,8-10,14-16,18-19,22-24H2,(H,45,54)(H,48,51)(H,49,53)/b13-7-/t26-,29-,32+,33+,43-/m1/s1. The fourth-order valence-electron chi connectivity index (χ4n) is 8.73. The molecule has 4 amide bonds. The average molecular weight is 859 g/mol. The Morgan fingerprint density at radius 2 is 1.73 bits per heavy atom. The third kappa shape index (κ3) is 8.27. The molecule has 2 aliphatic heterocycles. The molecular formula is C43H47ClN6O9S. The Balaban J connectivity index is 1.06. The van der Waals surface area contributed by atoms with E-state index in [1.165, 1.54) is 4.90 Å². The lowest BCUT2D eigenvalue weighted by atomic mass is 10.0. The van der Waals surface area contributed by atoms with Gasteiger partial charge in [-0.2, -0.15) is 4.98 Å². The number of aromatic nitrogens is 2. The van der Waals surface area contributed by atoms with Crippen LogP contribution in [0.5, 0.6) is 5.88 Å². The Bertz CT molecular complexity index is 2470. The van der Waals surface area contributed by atoms with Crippen molar-refractivity contribution in [2.24, 2.45) is 5.92 Å². The van der Waals surface area contributed by atoms with Crippen LogP contribution in [0, 0.1) is 5.92 Å². The molecule has 15 nitrogen and oxygen atoms in total. The number of nitrogens with one attached hydrogen (secondary N) is 3. The van der Waals surface area contributed by atoms with Crippen LogP contribution in [0.1, 0.15) is 83.5 Å². The molecule has 316 valence electrons. The van der Waals surface area contributed by atoms with Gasteiger partial charge in [0.1, 0.15) is 40.9 Å². The van der Waals surface area contributed by atoms with Gasteiger partial charge in [-0.15, -0.1) is 0 Å². The lowest BCUT2D eigenvalue weighted by Gasteiger charge is -2.30. The van der Waals surface area contributed by atoms with Crippen LogP contribution >= 0.6 is 11.6 Å². The predicted octanol–water partition coefficient (Wildman–Crippen LogP) is 6.09. The molecule has 60 heavy (non-hydrogen) atoms. The smallest absolute Gasteiger partial charge is 0.408 e. The first-order valence-corrected chi connectivity index (χ1v) is 22.8. The van der Waals surface area contributed by atoms with Gasteiger partial charge >= 0.3 is 6.09 Å². The summed E-state index contributed by atoms with van der Waals surface area (Å²) < 4.78 is 46.7. The van der Waals surface area contributed by atoms with Crippen molar-refractivity contribution in [3.05, 3.63) is 65.7 Å². The second kappa shape index (κ2) is 16.3. The van der Waals surface area contributed by atoms with Crippen LogP contribution in [0.25, 0.3) is 33.5 Å². The molecule has 4 heterocycles. The van der Waals surface area contributed by atoms with Crippen LogP contribution in [0.2, 0.25) is 5.02 Å². The lowest BCUT2D eigenvalue weighted by molar-refractivity contribution is -0.141. The van der Waals surface area contributed by atoms with Crippen LogP contribution in [-0.4, -0.2) is 88.7 Å². The van der Waals surface area contributed by atoms with E-state index < -0.39 is 68.7 Å². The number of hydrogen-bond acceptors (Lipinski definition) is 11. The Hall–Kier alpha value is -5.22. The molecule has 0 spiro atoms. The number of halogens is 1. The minimum absolute atomic E-state index is 0.0202. The number of carbonyl (C=O) groups is 4. The molecule has 0 radical (unpaired) electrons. The van der Waals surface area contributed by atoms with Crippen LogP contribution in [-0.2, 0) is 29.1 Å². The van der Waals surface area contributed by atoms with Crippen molar-refractivity contribution in [2.75, 3.05) is 6.54 Å². The molecule has 4 aromatic rings. The highest BCUT2D eigenvalue weighted by atomic mass is 35.5. The zero-order valence-electron chi connectivity index (χ0n) is 32.9. The third-order valence-electron chi connectivity index (χ3n) is 12.3. The second-order valence-corrected chi connectivity index (χ2v) is 19.0. The first kappa shape index (κ1) is 40.2. The van der Waals surface area contributed by atoms with Gasteiger partial charge in [0.15, 0.2) is 5.82 Å². The number of hydrogen-bond donors (Lipinski definition) is 3. The van der Waals surface area contributed by atoms with Crippen molar-refractivity contribution in [1.29, 1.82) is 0 Å². The van der Waals surface area contributed by atoms with Gasteiger partial charge in [-0.05, 0) is 82.4 Å². The summed E-state index contributed by atoms with van der Waals surface area (Å²) in [6.07, 6.45) is 9.75. The number of ether oxygens (including phenoxy) is 2. The number of rotatable bonds is 8. The lowest BCUT2D eigenvalue weighted by Crippen LogP contribution is -2.58. The van der Waals surface area contributed by atoms with Crippen LogP contribution in [0.3, 0.4) is 0 Å². The summed E-state index contributed by atoms with van der Waals surface area (Å²) in [5.74, 6) is -1.96. The van der Waals surface area contributed by atoms with Gasteiger partial charge in [-0.25, -0.2) is 18.2 Å². The van der Waals surface area contributed by atoms with Crippen molar-refractivity contribution in [2.45, 2.75) is 119 Å². The number of nitrogens with zero attached hydrogens (tertiary/aromatic N) is 3. The highest BCUT2D eigenvalue weighted by Gasteiger charge is 2.62. The molecule has 1 saturated heterocycles. The minimum atomic E-state index is -3.92. The van der Waals surface area contributed by atoms with E-state index in [1.807, 2.05) is 42.5 Å². The Morgan fingerprint density at radius 1 is 0.950 bits per heavy atom. The fourth-order valence-corrected chi connectivity index (χ4v) is 10.3. The van der Waals surface area contributed by atoms with E-state index in [2.05, 4.69) is 15.4 Å². The van der Waals surface area contributed by atoms with Gasteiger partial charge in [0.25, 0.3) is 11.8 Å². The molecule has 17 heteroatoms. The number of amides is 4. The van der Waals surface area contributed by atoms with Crippen molar-refractivity contribution < 1.29 is 41.5 Å². The minimum Gasteiger partial charge on any atom is -0.470 e. The molecule has 3 aliphatic carbocycles. The summed E-state index contributed by atoms with van der Waals surface area (Å²) in [5.41, 5.74) is 0.399. The van der Waals surface area contributed by atoms with E-state index in [9.17, 15) is 27.6 Å². The summed E-state index contributed by atoms with van der Waals surface area (Å²) in [5, 5.41) is 6.20. The van der Waals surface area contributed by atoms with E-state index in [4.69, 9.17) is 35.5 Å². The monoisotopic (exact) mass is 858 g/mol. The number of sulfonamides is 1. The molecule has 2 aromatic carbocycles. The SMILES string of the molecule is O=C(N[C@H]1CCCCC/C=C\[C@@H]2C[C@@]2(C(=O)NS(=O)(=O)C2CC2)NC(=O)[C@@H]2C[C@@H](Oc3nc(-c4ccccc4)nc4c3oc3ccc(Cl)cc34)CN2C1=O)OC1CCCC1. The van der Waals surface area contributed by atoms with Gasteiger partial charge in [-0.3, -0.25) is 19.1 Å². The summed E-state index contributed by atoms with van der Waals surface area (Å²) in [6.45, 7) is -0.0798. The number of fused-ring (bicyclic) bond motifs is 5. The van der Waals surface area contributed by atoms with Gasteiger partial charge in [0, 0.05) is 28.3 Å². The maximum Gasteiger partial charge on any atom is 0.408 e. The van der Waals surface area contributed by atoms with Crippen molar-refractivity contribution >= 4 is 67.5 Å². The Morgan fingerprint density at radius 3 is 2.52 bits per heavy atom. The number of furan rings is 1. The number of allylic oxidation sites excluding steroid dienone is 1. The van der Waals surface area contributed by atoms with Crippen LogP contribution < -0.4 is 20.1 Å². The number of alkyl carbamates (subject to hydrolysis) is 1. The highest BCUT2D eigenvalue weighted by molar-refractivity contribution is 7.91. The quantitative estimate of drug-likeness (QED) is 0.174. The maximum absolute atomic E-state index is 14.7. The first-order valence-electron chi connectivity index (χ1n) is 20.9. The van der Waals surface area contributed by atoms with E-state index in [0.717, 1.165) is 38.5 Å². The Kier molecular flexibility index (Phi) is 10.9. The molecule has 0 unspecified atom stereocenters. The molecule has 3 N–H and O–H groups in total.